The van der Waals surface area contributed by atoms with E-state index in [1.54, 1.807) is 11.4 Å². The molecule has 0 aliphatic carbocycles. The molecule has 9 heteroatoms. The predicted octanol–water partition coefficient (Wildman–Crippen LogP) is 5.83. The fraction of sp³-hybridized carbons (Fsp3) is 0.318. The number of carbonyl (C=O) groups excluding carboxylic acids is 1. The highest BCUT2D eigenvalue weighted by Gasteiger charge is 2.14. The van der Waals surface area contributed by atoms with Gasteiger partial charge in [-0.05, 0) is 29.7 Å². The van der Waals surface area contributed by atoms with E-state index in [2.05, 4.69) is 48.5 Å². The highest BCUT2D eigenvalue weighted by Crippen LogP contribution is 2.32. The van der Waals surface area contributed by atoms with E-state index in [9.17, 15) is 9.59 Å². The molecule has 3 N–H and O–H groups in total. The lowest BCUT2D eigenvalue weighted by molar-refractivity contribution is -0.136. The zero-order chi connectivity index (χ0) is 22.4. The number of nitrogens with zero attached hydrogens (tertiary/aromatic N) is 1. The van der Waals surface area contributed by atoms with Gasteiger partial charge in [-0.1, -0.05) is 32.9 Å². The molecule has 6 nitrogen and oxygen atoms in total. The van der Waals surface area contributed by atoms with Crippen LogP contribution in [-0.4, -0.2) is 27.7 Å². The molecule has 0 atom stereocenters. The number of thiazole rings is 1. The van der Waals surface area contributed by atoms with Gasteiger partial charge in [-0.15, -0.1) is 34.4 Å². The minimum atomic E-state index is -0.947. The molecule has 0 aliphatic heterocycles. The Hall–Kier alpha value is -2.36. The van der Waals surface area contributed by atoms with E-state index >= 15 is 0 Å². The van der Waals surface area contributed by atoms with E-state index in [1.165, 1.54) is 27.6 Å². The van der Waals surface area contributed by atoms with E-state index in [0.29, 0.717) is 22.2 Å². The molecule has 0 aliphatic rings. The number of anilines is 2. The number of thioether (sulfide) groups is 1. The van der Waals surface area contributed by atoms with Gasteiger partial charge in [0, 0.05) is 33.1 Å². The number of aromatic nitrogens is 1. The second-order valence-corrected chi connectivity index (χ2v) is 11.2. The maximum absolute atomic E-state index is 12.5. The number of aliphatic carboxylic acids is 1. The van der Waals surface area contributed by atoms with Crippen LogP contribution in [0.1, 0.15) is 41.0 Å². The fourth-order valence-electron chi connectivity index (χ4n) is 2.57. The van der Waals surface area contributed by atoms with Crippen LogP contribution in [0.3, 0.4) is 0 Å². The van der Waals surface area contributed by atoms with E-state index in [1.807, 2.05) is 30.0 Å². The Labute approximate surface area is 194 Å². The first-order valence-electron chi connectivity index (χ1n) is 9.71. The highest BCUT2D eigenvalue weighted by atomic mass is 32.2. The van der Waals surface area contributed by atoms with Gasteiger partial charge in [-0.2, -0.15) is 0 Å². The first kappa shape index (κ1) is 23.3. The zero-order valence-electron chi connectivity index (χ0n) is 17.6. The molecule has 2 aromatic heterocycles. The SMILES string of the molecule is CC(C)(C)CSc1ccccc1NCc1ccc(C(=O)Nc2nc(CC(=O)O)cs2)s1. The summed E-state index contributed by atoms with van der Waals surface area (Å²) in [6.45, 7) is 7.32. The standard InChI is InChI=1S/C22H25N3O3S3/c1-22(2,3)13-30-17-7-5-4-6-16(17)23-11-15-8-9-18(31-15)20(28)25-21-24-14(12-29-21)10-19(26)27/h4-9,12,23H,10-11,13H2,1-3H3,(H,26,27)(H,24,25,28). The number of thiophene rings is 1. The van der Waals surface area contributed by atoms with Crippen molar-refractivity contribution in [3.63, 3.8) is 0 Å². The second-order valence-electron chi connectivity index (χ2n) is 8.13. The molecule has 0 radical (unpaired) electrons. The van der Waals surface area contributed by atoms with Crippen LogP contribution in [0, 0.1) is 5.41 Å². The number of hydrogen-bond donors (Lipinski definition) is 3. The predicted molar refractivity (Wildman–Crippen MR) is 130 cm³/mol. The van der Waals surface area contributed by atoms with Gasteiger partial charge in [0.25, 0.3) is 5.91 Å². The van der Waals surface area contributed by atoms with Crippen molar-refractivity contribution in [2.24, 2.45) is 5.41 Å². The largest absolute Gasteiger partial charge is 0.481 e. The molecular weight excluding hydrogens is 450 g/mol. The highest BCUT2D eigenvalue weighted by molar-refractivity contribution is 7.99. The van der Waals surface area contributed by atoms with Crippen molar-refractivity contribution in [2.75, 3.05) is 16.4 Å². The van der Waals surface area contributed by atoms with E-state index < -0.39 is 5.97 Å². The number of benzene rings is 1. The maximum Gasteiger partial charge on any atom is 0.309 e. The van der Waals surface area contributed by atoms with Crippen LogP contribution >= 0.6 is 34.4 Å². The summed E-state index contributed by atoms with van der Waals surface area (Å²) in [6, 6.07) is 12.0. The molecule has 3 aromatic rings. The molecular formula is C22H25N3O3S3. The molecule has 0 unspecified atom stereocenters. The van der Waals surface area contributed by atoms with E-state index in [-0.39, 0.29) is 17.7 Å². The van der Waals surface area contributed by atoms with Crippen molar-refractivity contribution >= 4 is 57.1 Å². The zero-order valence-corrected chi connectivity index (χ0v) is 20.0. The molecule has 164 valence electrons. The van der Waals surface area contributed by atoms with E-state index in [0.717, 1.165) is 16.3 Å². The number of hydrogen-bond acceptors (Lipinski definition) is 7. The summed E-state index contributed by atoms with van der Waals surface area (Å²) >= 11 is 4.48. The Balaban J connectivity index is 1.57. The van der Waals surface area contributed by atoms with Gasteiger partial charge in [0.1, 0.15) is 0 Å². The lowest BCUT2D eigenvalue weighted by Gasteiger charge is -2.19. The molecule has 3 rings (SSSR count). The summed E-state index contributed by atoms with van der Waals surface area (Å²) in [6.07, 6.45) is -0.156. The van der Waals surface area contributed by atoms with Crippen LogP contribution in [0.25, 0.3) is 0 Å². The Kier molecular flexibility index (Phi) is 7.74. The third kappa shape index (κ3) is 7.37. The molecule has 2 heterocycles. The second kappa shape index (κ2) is 10.3. The first-order chi connectivity index (χ1) is 14.7. The van der Waals surface area contributed by atoms with Crippen molar-refractivity contribution in [1.29, 1.82) is 0 Å². The molecule has 1 amide bonds. The molecule has 31 heavy (non-hydrogen) atoms. The first-order valence-corrected chi connectivity index (χ1v) is 12.4. The molecule has 0 saturated carbocycles. The third-order valence-electron chi connectivity index (χ3n) is 3.99. The van der Waals surface area contributed by atoms with E-state index in [4.69, 9.17) is 5.11 Å². The number of carbonyl (C=O) groups is 2. The van der Waals surface area contributed by atoms with Crippen molar-refractivity contribution in [2.45, 2.75) is 38.6 Å². The molecule has 0 bridgehead atoms. The summed E-state index contributed by atoms with van der Waals surface area (Å²) in [5, 5.41) is 17.1. The summed E-state index contributed by atoms with van der Waals surface area (Å²) in [7, 11) is 0. The molecule has 0 fully saturated rings. The van der Waals surface area contributed by atoms with Gasteiger partial charge in [0.2, 0.25) is 0 Å². The summed E-state index contributed by atoms with van der Waals surface area (Å²) in [4.78, 5) is 30.2. The summed E-state index contributed by atoms with van der Waals surface area (Å²) < 4.78 is 0. The Morgan fingerprint density at radius 1 is 1.16 bits per heavy atom. The summed E-state index contributed by atoms with van der Waals surface area (Å²) in [5.74, 6) is -0.162. The van der Waals surface area contributed by atoms with Crippen molar-refractivity contribution in [3.8, 4) is 0 Å². The normalized spacial score (nSPS) is 11.3. The van der Waals surface area contributed by atoms with Crippen molar-refractivity contribution in [1.82, 2.24) is 4.98 Å². The summed E-state index contributed by atoms with van der Waals surface area (Å²) in [5.41, 5.74) is 1.77. The fourth-order valence-corrected chi connectivity index (χ4v) is 5.18. The number of para-hydroxylation sites is 1. The maximum atomic E-state index is 12.5. The van der Waals surface area contributed by atoms with Gasteiger partial charge in [-0.3, -0.25) is 14.9 Å². The Bertz CT molecular complexity index is 1050. The van der Waals surface area contributed by atoms with Crippen LogP contribution in [0.4, 0.5) is 10.8 Å². The third-order valence-corrected chi connectivity index (χ3v) is 7.56. The molecule has 0 spiro atoms. The smallest absolute Gasteiger partial charge is 0.309 e. The van der Waals surface area contributed by atoms with Gasteiger partial charge in [0.05, 0.1) is 17.0 Å². The number of carboxylic acid groups (broad SMARTS) is 1. The average Bonchev–Trinajstić information content (AvgIpc) is 3.34. The minimum absolute atomic E-state index is 0.156. The Morgan fingerprint density at radius 3 is 2.68 bits per heavy atom. The lowest BCUT2D eigenvalue weighted by atomic mass is 10.0. The van der Waals surface area contributed by atoms with Crippen LogP contribution in [0.15, 0.2) is 46.7 Å². The van der Waals surface area contributed by atoms with Gasteiger partial charge in [0.15, 0.2) is 5.13 Å². The molecule has 1 aromatic carbocycles. The molecule has 0 saturated heterocycles. The van der Waals surface area contributed by atoms with Gasteiger partial charge >= 0.3 is 5.97 Å². The van der Waals surface area contributed by atoms with Crippen LogP contribution in [0.2, 0.25) is 0 Å². The van der Waals surface area contributed by atoms with Crippen molar-refractivity contribution in [3.05, 3.63) is 57.2 Å². The number of carboxylic acids is 1. The number of nitrogens with one attached hydrogen (secondary N) is 2. The Morgan fingerprint density at radius 2 is 1.94 bits per heavy atom. The lowest BCUT2D eigenvalue weighted by Crippen LogP contribution is -2.10. The average molecular weight is 476 g/mol. The monoisotopic (exact) mass is 475 g/mol. The van der Waals surface area contributed by atoms with Gasteiger partial charge in [-0.25, -0.2) is 4.98 Å². The van der Waals surface area contributed by atoms with Crippen LogP contribution < -0.4 is 10.6 Å². The topological polar surface area (TPSA) is 91.3 Å². The minimum Gasteiger partial charge on any atom is -0.481 e. The number of rotatable bonds is 9. The van der Waals surface area contributed by atoms with Crippen LogP contribution in [0.5, 0.6) is 0 Å². The number of amides is 1. The van der Waals surface area contributed by atoms with Gasteiger partial charge < -0.3 is 10.4 Å². The van der Waals surface area contributed by atoms with Crippen molar-refractivity contribution < 1.29 is 14.7 Å². The van der Waals surface area contributed by atoms with Crippen LogP contribution in [-0.2, 0) is 17.8 Å². The quantitative estimate of drug-likeness (QED) is 0.337.